The van der Waals surface area contributed by atoms with E-state index in [0.717, 1.165) is 33.6 Å². The summed E-state index contributed by atoms with van der Waals surface area (Å²) in [6.07, 6.45) is 1.01. The van der Waals surface area contributed by atoms with E-state index in [2.05, 4.69) is 20.5 Å². The molecule has 1 amide bonds. The molecule has 120 valence electrons. The van der Waals surface area contributed by atoms with Crippen molar-refractivity contribution in [3.8, 4) is 0 Å². The minimum Gasteiger partial charge on any atom is -0.439 e. The lowest BCUT2D eigenvalue weighted by Crippen LogP contribution is -2.23. The fourth-order valence-corrected chi connectivity index (χ4v) is 2.48. The van der Waals surface area contributed by atoms with Crippen LogP contribution in [0.4, 0.5) is 0 Å². The van der Waals surface area contributed by atoms with Gasteiger partial charge in [-0.2, -0.15) is 5.10 Å². The summed E-state index contributed by atoms with van der Waals surface area (Å²) in [6, 6.07) is 5.80. The summed E-state index contributed by atoms with van der Waals surface area (Å²) in [5, 5.41) is 9.98. The molecule has 0 aliphatic rings. The van der Waals surface area contributed by atoms with Crippen LogP contribution in [0.5, 0.6) is 0 Å². The summed E-state index contributed by atoms with van der Waals surface area (Å²) >= 11 is 0. The Morgan fingerprint density at radius 3 is 2.83 bits per heavy atom. The maximum atomic E-state index is 12.0. The van der Waals surface area contributed by atoms with E-state index in [9.17, 15) is 4.79 Å². The molecule has 6 nitrogen and oxygen atoms in total. The second-order valence-corrected chi connectivity index (χ2v) is 5.73. The first kappa shape index (κ1) is 15.3. The Labute approximate surface area is 134 Å². The molecule has 0 spiro atoms. The summed E-state index contributed by atoms with van der Waals surface area (Å²) < 4.78 is 5.64. The van der Waals surface area contributed by atoms with Gasteiger partial charge in [0.2, 0.25) is 11.8 Å². The highest BCUT2D eigenvalue weighted by Gasteiger charge is 2.11. The molecular weight excluding hydrogens is 292 g/mol. The van der Waals surface area contributed by atoms with E-state index in [1.807, 2.05) is 39.0 Å². The number of oxazole rings is 1. The summed E-state index contributed by atoms with van der Waals surface area (Å²) in [5.41, 5.74) is 5.76. The molecule has 0 aliphatic heterocycles. The van der Waals surface area contributed by atoms with Gasteiger partial charge in [0.15, 0.2) is 5.58 Å². The van der Waals surface area contributed by atoms with Crippen LogP contribution in [0.25, 0.3) is 11.1 Å². The lowest BCUT2D eigenvalue weighted by atomic mass is 10.1. The molecular formula is C17H20N4O2. The largest absolute Gasteiger partial charge is 0.439 e. The van der Waals surface area contributed by atoms with Gasteiger partial charge >= 0.3 is 0 Å². The first-order valence-electron chi connectivity index (χ1n) is 7.67. The van der Waals surface area contributed by atoms with Crippen molar-refractivity contribution in [3.05, 3.63) is 46.6 Å². The van der Waals surface area contributed by atoms with Gasteiger partial charge in [-0.05, 0) is 38.0 Å². The fraction of sp³-hybridized carbons (Fsp3) is 0.353. The van der Waals surface area contributed by atoms with Gasteiger partial charge in [0.1, 0.15) is 5.52 Å². The van der Waals surface area contributed by atoms with Crippen molar-refractivity contribution in [3.63, 3.8) is 0 Å². The van der Waals surface area contributed by atoms with Crippen molar-refractivity contribution in [1.82, 2.24) is 20.5 Å². The predicted octanol–water partition coefficient (Wildman–Crippen LogP) is 2.73. The smallest absolute Gasteiger partial charge is 0.220 e. The molecule has 6 heteroatoms. The van der Waals surface area contributed by atoms with Crippen LogP contribution in [0.1, 0.15) is 34.8 Å². The van der Waals surface area contributed by atoms with E-state index in [-0.39, 0.29) is 5.91 Å². The number of hydrogen-bond donors (Lipinski definition) is 2. The van der Waals surface area contributed by atoms with E-state index in [1.165, 1.54) is 0 Å². The summed E-state index contributed by atoms with van der Waals surface area (Å²) in [6.45, 7) is 6.26. The van der Waals surface area contributed by atoms with Crippen LogP contribution in [0.3, 0.4) is 0 Å². The van der Waals surface area contributed by atoms with Crippen molar-refractivity contribution in [2.45, 2.75) is 40.2 Å². The van der Waals surface area contributed by atoms with Crippen LogP contribution in [0, 0.1) is 20.8 Å². The molecule has 2 N–H and O–H groups in total. The van der Waals surface area contributed by atoms with Crippen LogP contribution < -0.4 is 5.32 Å². The molecule has 0 atom stereocenters. The zero-order valence-electron chi connectivity index (χ0n) is 13.6. The molecule has 0 bridgehead atoms. The SMILES string of the molecule is Cc1[nH]nc(CCC(=O)NCc2nc3c(C)cccc3o2)c1C. The number of nitrogens with one attached hydrogen (secondary N) is 2. The Balaban J connectivity index is 1.56. The van der Waals surface area contributed by atoms with E-state index < -0.39 is 0 Å². The van der Waals surface area contributed by atoms with Crippen LogP contribution in [-0.2, 0) is 17.8 Å². The Morgan fingerprint density at radius 1 is 1.30 bits per heavy atom. The van der Waals surface area contributed by atoms with Crippen molar-refractivity contribution >= 4 is 17.0 Å². The Kier molecular flexibility index (Phi) is 4.14. The number of benzene rings is 1. The number of fused-ring (bicyclic) bond motifs is 1. The zero-order chi connectivity index (χ0) is 16.4. The Bertz CT molecular complexity index is 848. The molecule has 0 fully saturated rings. The molecule has 0 aliphatic carbocycles. The van der Waals surface area contributed by atoms with Crippen LogP contribution in [0.15, 0.2) is 22.6 Å². The average Bonchev–Trinajstić information content (AvgIpc) is 3.09. The van der Waals surface area contributed by atoms with E-state index in [1.54, 1.807) is 0 Å². The zero-order valence-corrected chi connectivity index (χ0v) is 13.6. The van der Waals surface area contributed by atoms with Crippen molar-refractivity contribution in [1.29, 1.82) is 0 Å². The van der Waals surface area contributed by atoms with Gasteiger partial charge in [-0.1, -0.05) is 12.1 Å². The average molecular weight is 312 g/mol. The second kappa shape index (κ2) is 6.24. The number of aryl methyl sites for hydroxylation is 3. The predicted molar refractivity (Wildman–Crippen MR) is 87.0 cm³/mol. The van der Waals surface area contributed by atoms with Gasteiger partial charge in [0.25, 0.3) is 0 Å². The lowest BCUT2D eigenvalue weighted by molar-refractivity contribution is -0.121. The first-order valence-corrected chi connectivity index (χ1v) is 7.67. The molecule has 3 aromatic rings. The molecule has 2 aromatic heterocycles. The molecule has 3 rings (SSSR count). The third-order valence-electron chi connectivity index (χ3n) is 4.04. The highest BCUT2D eigenvalue weighted by atomic mass is 16.3. The topological polar surface area (TPSA) is 83.8 Å². The molecule has 0 unspecified atom stereocenters. The van der Waals surface area contributed by atoms with Gasteiger partial charge < -0.3 is 9.73 Å². The number of carbonyl (C=O) groups is 1. The lowest BCUT2D eigenvalue weighted by Gasteiger charge is -2.02. The third kappa shape index (κ3) is 3.26. The minimum atomic E-state index is -0.0379. The van der Waals surface area contributed by atoms with E-state index >= 15 is 0 Å². The molecule has 1 aromatic carbocycles. The van der Waals surface area contributed by atoms with Crippen LogP contribution >= 0.6 is 0 Å². The van der Waals surface area contributed by atoms with Gasteiger partial charge in [-0.3, -0.25) is 9.89 Å². The fourth-order valence-electron chi connectivity index (χ4n) is 2.48. The van der Waals surface area contributed by atoms with Crippen molar-refractivity contribution < 1.29 is 9.21 Å². The number of hydrogen-bond acceptors (Lipinski definition) is 4. The number of amides is 1. The molecule has 23 heavy (non-hydrogen) atoms. The summed E-state index contributed by atoms with van der Waals surface area (Å²) in [4.78, 5) is 16.4. The number of rotatable bonds is 5. The number of aromatic amines is 1. The van der Waals surface area contributed by atoms with Gasteiger partial charge in [0.05, 0.1) is 12.2 Å². The Morgan fingerprint density at radius 2 is 2.13 bits per heavy atom. The number of H-pyrrole nitrogens is 1. The highest BCUT2D eigenvalue weighted by molar-refractivity contribution is 5.77. The molecule has 2 heterocycles. The van der Waals surface area contributed by atoms with Gasteiger partial charge in [-0.25, -0.2) is 4.98 Å². The highest BCUT2D eigenvalue weighted by Crippen LogP contribution is 2.18. The number of aromatic nitrogens is 3. The Hall–Kier alpha value is -2.63. The summed E-state index contributed by atoms with van der Waals surface area (Å²) in [7, 11) is 0. The second-order valence-electron chi connectivity index (χ2n) is 5.73. The summed E-state index contributed by atoms with van der Waals surface area (Å²) in [5.74, 6) is 0.485. The third-order valence-corrected chi connectivity index (χ3v) is 4.04. The van der Waals surface area contributed by atoms with Gasteiger partial charge in [-0.15, -0.1) is 0 Å². The maximum absolute atomic E-state index is 12.0. The number of carbonyl (C=O) groups excluding carboxylic acids is 1. The molecule has 0 saturated carbocycles. The maximum Gasteiger partial charge on any atom is 0.220 e. The monoisotopic (exact) mass is 312 g/mol. The van der Waals surface area contributed by atoms with Crippen LogP contribution in [0.2, 0.25) is 0 Å². The van der Waals surface area contributed by atoms with E-state index in [0.29, 0.717) is 25.3 Å². The van der Waals surface area contributed by atoms with E-state index in [4.69, 9.17) is 4.42 Å². The number of nitrogens with zero attached hydrogens (tertiary/aromatic N) is 2. The normalized spacial score (nSPS) is 11.1. The standard InChI is InChI=1S/C17H20N4O2/c1-10-5-4-6-14-17(10)19-16(23-14)9-18-15(22)8-7-13-11(2)12(3)20-21-13/h4-6H,7-9H2,1-3H3,(H,18,22)(H,20,21). The van der Waals surface area contributed by atoms with Crippen LogP contribution in [-0.4, -0.2) is 21.1 Å². The number of para-hydroxylation sites is 1. The van der Waals surface area contributed by atoms with Crippen molar-refractivity contribution in [2.24, 2.45) is 0 Å². The minimum absolute atomic E-state index is 0.0379. The van der Waals surface area contributed by atoms with Crippen molar-refractivity contribution in [2.75, 3.05) is 0 Å². The molecule has 0 saturated heterocycles. The molecule has 0 radical (unpaired) electrons. The quantitative estimate of drug-likeness (QED) is 0.758. The van der Waals surface area contributed by atoms with Gasteiger partial charge in [0, 0.05) is 18.5 Å². The first-order chi connectivity index (χ1) is 11.0.